The van der Waals surface area contributed by atoms with Crippen molar-refractivity contribution in [2.75, 3.05) is 12.4 Å². The zero-order valence-corrected chi connectivity index (χ0v) is 19.0. The number of amides is 2. The molecule has 9 heteroatoms. The molecule has 0 aliphatic carbocycles. The number of methoxy groups -OCH3 is 1. The highest BCUT2D eigenvalue weighted by Crippen LogP contribution is 2.26. The lowest BCUT2D eigenvalue weighted by atomic mass is 10.0. The van der Waals surface area contributed by atoms with E-state index >= 15 is 0 Å². The fourth-order valence-corrected chi connectivity index (χ4v) is 4.05. The van der Waals surface area contributed by atoms with Crippen LogP contribution in [-0.2, 0) is 11.2 Å². The number of ether oxygens (including phenoxy) is 1. The molecule has 1 aromatic heterocycles. The quantitative estimate of drug-likeness (QED) is 0.395. The maximum absolute atomic E-state index is 13.2. The fraction of sp³-hybridized carbons (Fsp3) is 0.120. The molecule has 34 heavy (non-hydrogen) atoms. The molecule has 0 saturated heterocycles. The molecule has 0 fully saturated rings. The minimum absolute atomic E-state index is 0.272. The van der Waals surface area contributed by atoms with Crippen LogP contribution in [0.25, 0.3) is 10.6 Å². The largest absolute Gasteiger partial charge is 0.496 e. The average Bonchev–Trinajstić information content (AvgIpc) is 3.33. The number of benzene rings is 3. The normalized spacial score (nSPS) is 11.5. The Labute approximate surface area is 199 Å². The SMILES string of the molecule is COc1ccccc1C(=O)N[C@@H](Cc1ccccc1)C(=O)Nc1nnc(-c2ccc(F)cc2)s1. The molecule has 0 bridgehead atoms. The average molecular weight is 477 g/mol. The van der Waals surface area contributed by atoms with Crippen molar-refractivity contribution >= 4 is 28.3 Å². The molecule has 3 aromatic carbocycles. The van der Waals surface area contributed by atoms with Crippen LogP contribution in [0.5, 0.6) is 5.75 Å². The summed E-state index contributed by atoms with van der Waals surface area (Å²) >= 11 is 1.16. The molecule has 1 heterocycles. The monoisotopic (exact) mass is 476 g/mol. The molecular weight excluding hydrogens is 455 g/mol. The van der Waals surface area contributed by atoms with E-state index < -0.39 is 17.9 Å². The Morgan fingerprint density at radius 2 is 1.68 bits per heavy atom. The predicted molar refractivity (Wildman–Crippen MR) is 128 cm³/mol. The number of nitrogens with zero attached hydrogens (tertiary/aromatic N) is 2. The van der Waals surface area contributed by atoms with Gasteiger partial charge in [-0.05, 0) is 42.0 Å². The van der Waals surface area contributed by atoms with E-state index in [2.05, 4.69) is 20.8 Å². The Morgan fingerprint density at radius 1 is 0.971 bits per heavy atom. The summed E-state index contributed by atoms with van der Waals surface area (Å²) < 4.78 is 18.5. The fourth-order valence-electron chi connectivity index (χ4n) is 3.30. The molecule has 7 nitrogen and oxygen atoms in total. The molecule has 0 aliphatic heterocycles. The number of hydrogen-bond donors (Lipinski definition) is 2. The van der Waals surface area contributed by atoms with Crippen LogP contribution in [-0.4, -0.2) is 35.2 Å². The minimum atomic E-state index is -0.877. The summed E-state index contributed by atoms with van der Waals surface area (Å²) in [6, 6.07) is 21.1. The Bertz CT molecular complexity index is 1280. The van der Waals surface area contributed by atoms with Gasteiger partial charge in [0.05, 0.1) is 12.7 Å². The molecule has 0 saturated carbocycles. The molecule has 0 unspecified atom stereocenters. The second-order valence-corrected chi connectivity index (χ2v) is 8.30. The van der Waals surface area contributed by atoms with Gasteiger partial charge in [-0.2, -0.15) is 0 Å². The Morgan fingerprint density at radius 3 is 2.41 bits per heavy atom. The van der Waals surface area contributed by atoms with Gasteiger partial charge in [-0.1, -0.05) is 53.8 Å². The van der Waals surface area contributed by atoms with Gasteiger partial charge < -0.3 is 10.1 Å². The van der Waals surface area contributed by atoms with Gasteiger partial charge in [0.25, 0.3) is 5.91 Å². The lowest BCUT2D eigenvalue weighted by Gasteiger charge is -2.18. The van der Waals surface area contributed by atoms with Crippen LogP contribution in [0.15, 0.2) is 78.9 Å². The topological polar surface area (TPSA) is 93.2 Å². The summed E-state index contributed by atoms with van der Waals surface area (Å²) in [7, 11) is 1.48. The van der Waals surface area contributed by atoms with Crippen LogP contribution in [0, 0.1) is 5.82 Å². The number of aromatic nitrogens is 2. The van der Waals surface area contributed by atoms with Crippen LogP contribution in [0.4, 0.5) is 9.52 Å². The minimum Gasteiger partial charge on any atom is -0.496 e. The third kappa shape index (κ3) is 5.62. The number of nitrogens with one attached hydrogen (secondary N) is 2. The van der Waals surface area contributed by atoms with Gasteiger partial charge in [-0.25, -0.2) is 4.39 Å². The van der Waals surface area contributed by atoms with Gasteiger partial charge in [-0.15, -0.1) is 10.2 Å². The lowest BCUT2D eigenvalue weighted by Crippen LogP contribution is -2.45. The first-order valence-corrected chi connectivity index (χ1v) is 11.2. The van der Waals surface area contributed by atoms with Crippen molar-refractivity contribution < 1.29 is 18.7 Å². The van der Waals surface area contributed by atoms with Crippen molar-refractivity contribution in [3.8, 4) is 16.3 Å². The van der Waals surface area contributed by atoms with Gasteiger partial charge in [0, 0.05) is 12.0 Å². The van der Waals surface area contributed by atoms with Crippen LogP contribution in [0.2, 0.25) is 0 Å². The molecule has 4 aromatic rings. The highest BCUT2D eigenvalue weighted by Gasteiger charge is 2.24. The van der Waals surface area contributed by atoms with Crippen molar-refractivity contribution in [2.24, 2.45) is 0 Å². The first-order valence-electron chi connectivity index (χ1n) is 10.4. The third-order valence-electron chi connectivity index (χ3n) is 5.00. The van der Waals surface area contributed by atoms with Crippen LogP contribution in [0.3, 0.4) is 0 Å². The number of carbonyl (C=O) groups is 2. The van der Waals surface area contributed by atoms with Crippen molar-refractivity contribution in [3.05, 3.63) is 95.8 Å². The van der Waals surface area contributed by atoms with Crippen LogP contribution >= 0.6 is 11.3 Å². The Kier molecular flexibility index (Phi) is 7.24. The summed E-state index contributed by atoms with van der Waals surface area (Å²) in [4.78, 5) is 26.1. The van der Waals surface area contributed by atoms with E-state index in [1.807, 2.05) is 30.3 Å². The highest BCUT2D eigenvalue weighted by molar-refractivity contribution is 7.18. The molecule has 1 atom stereocenters. The maximum Gasteiger partial charge on any atom is 0.255 e. The second-order valence-electron chi connectivity index (χ2n) is 7.32. The summed E-state index contributed by atoms with van der Waals surface area (Å²) in [6.07, 6.45) is 0.275. The zero-order valence-electron chi connectivity index (χ0n) is 18.2. The zero-order chi connectivity index (χ0) is 23.9. The van der Waals surface area contributed by atoms with Crippen molar-refractivity contribution in [3.63, 3.8) is 0 Å². The number of hydrogen-bond acceptors (Lipinski definition) is 6. The van der Waals surface area contributed by atoms with Gasteiger partial charge >= 0.3 is 0 Å². The molecule has 2 N–H and O–H groups in total. The number of para-hydroxylation sites is 1. The summed E-state index contributed by atoms with van der Waals surface area (Å²) in [5.74, 6) is -0.810. The Balaban J connectivity index is 1.53. The van der Waals surface area contributed by atoms with Gasteiger partial charge in [0.1, 0.15) is 22.6 Å². The first kappa shape index (κ1) is 23.1. The standard InChI is InChI=1S/C25H21FN4O3S/c1-33-21-10-6-5-9-19(21)22(31)27-20(15-16-7-3-2-4-8-16)23(32)28-25-30-29-24(34-25)17-11-13-18(26)14-12-17/h2-14,20H,15H2,1H3,(H,27,31)(H,28,30,32)/t20-/m0/s1. The van der Waals surface area contributed by atoms with Crippen LogP contribution < -0.4 is 15.4 Å². The van der Waals surface area contributed by atoms with E-state index in [0.717, 1.165) is 16.9 Å². The van der Waals surface area contributed by atoms with Gasteiger partial charge in [-0.3, -0.25) is 14.9 Å². The lowest BCUT2D eigenvalue weighted by molar-refractivity contribution is -0.118. The van der Waals surface area contributed by atoms with E-state index in [0.29, 0.717) is 21.9 Å². The highest BCUT2D eigenvalue weighted by atomic mass is 32.1. The van der Waals surface area contributed by atoms with E-state index in [1.165, 1.54) is 19.2 Å². The number of carbonyl (C=O) groups excluding carboxylic acids is 2. The van der Waals surface area contributed by atoms with Crippen molar-refractivity contribution in [2.45, 2.75) is 12.5 Å². The van der Waals surface area contributed by atoms with Gasteiger partial charge in [0.2, 0.25) is 11.0 Å². The maximum atomic E-state index is 13.2. The van der Waals surface area contributed by atoms with E-state index in [4.69, 9.17) is 4.74 Å². The summed E-state index contributed by atoms with van der Waals surface area (Å²) in [6.45, 7) is 0. The van der Waals surface area contributed by atoms with E-state index in [-0.39, 0.29) is 17.4 Å². The van der Waals surface area contributed by atoms with Gasteiger partial charge in [0.15, 0.2) is 0 Å². The first-order chi connectivity index (χ1) is 16.5. The number of anilines is 1. The number of rotatable bonds is 8. The van der Waals surface area contributed by atoms with E-state index in [1.54, 1.807) is 36.4 Å². The molecule has 4 rings (SSSR count). The molecule has 0 aliphatic rings. The molecule has 0 spiro atoms. The smallest absolute Gasteiger partial charge is 0.255 e. The second kappa shape index (κ2) is 10.7. The summed E-state index contributed by atoms with van der Waals surface area (Å²) in [5.41, 5.74) is 1.89. The van der Waals surface area contributed by atoms with Crippen molar-refractivity contribution in [1.82, 2.24) is 15.5 Å². The predicted octanol–water partition coefficient (Wildman–Crippen LogP) is 4.33. The third-order valence-corrected chi connectivity index (χ3v) is 5.89. The molecule has 172 valence electrons. The van der Waals surface area contributed by atoms with Crippen molar-refractivity contribution in [1.29, 1.82) is 0 Å². The van der Waals surface area contributed by atoms with E-state index in [9.17, 15) is 14.0 Å². The molecule has 0 radical (unpaired) electrons. The molecular formula is C25H21FN4O3S. The molecule has 2 amide bonds. The Hall–Kier alpha value is -4.11. The van der Waals surface area contributed by atoms with Crippen LogP contribution in [0.1, 0.15) is 15.9 Å². The number of halogens is 1. The summed E-state index contributed by atoms with van der Waals surface area (Å²) in [5, 5.41) is 14.4.